The molecule has 2 heteroatoms. The van der Waals surface area contributed by atoms with E-state index in [1.165, 1.54) is 5.56 Å². The number of halogens is 1. The van der Waals surface area contributed by atoms with Crippen LogP contribution < -0.4 is 0 Å². The molecule has 0 spiro atoms. The van der Waals surface area contributed by atoms with Gasteiger partial charge in [0.2, 0.25) is 0 Å². The van der Waals surface area contributed by atoms with E-state index in [4.69, 9.17) is 0 Å². The van der Waals surface area contributed by atoms with Gasteiger partial charge in [-0.25, -0.2) is 0 Å². The minimum absolute atomic E-state index is 0.353. The second-order valence-electron chi connectivity index (χ2n) is 3.31. The monoisotopic (exact) mass is 228 g/mol. The van der Waals surface area contributed by atoms with Crippen molar-refractivity contribution in [1.82, 2.24) is 0 Å². The molecule has 0 radical (unpaired) electrons. The third-order valence-electron chi connectivity index (χ3n) is 1.94. The van der Waals surface area contributed by atoms with Gasteiger partial charge in [0, 0.05) is 4.47 Å². The highest BCUT2D eigenvalue weighted by molar-refractivity contribution is 9.10. The first-order valence-electron chi connectivity index (χ1n) is 4.01. The summed E-state index contributed by atoms with van der Waals surface area (Å²) in [5.74, 6) is 0.838. The summed E-state index contributed by atoms with van der Waals surface area (Å²) in [4.78, 5) is 0. The molecule has 0 aliphatic carbocycles. The van der Waals surface area contributed by atoms with Gasteiger partial charge in [0.1, 0.15) is 5.75 Å². The van der Waals surface area contributed by atoms with Crippen LogP contribution in [0, 0.1) is 6.92 Å². The third-order valence-corrected chi connectivity index (χ3v) is 2.62. The lowest BCUT2D eigenvalue weighted by Crippen LogP contribution is -1.90. The van der Waals surface area contributed by atoms with Crippen molar-refractivity contribution >= 4 is 15.9 Å². The van der Waals surface area contributed by atoms with Crippen LogP contribution in [0.25, 0.3) is 0 Å². The summed E-state index contributed by atoms with van der Waals surface area (Å²) in [6.45, 7) is 6.18. The van der Waals surface area contributed by atoms with E-state index in [1.54, 1.807) is 6.07 Å². The van der Waals surface area contributed by atoms with Crippen molar-refractivity contribution < 1.29 is 5.11 Å². The molecular weight excluding hydrogens is 216 g/mol. The Morgan fingerprint density at radius 3 is 2.42 bits per heavy atom. The van der Waals surface area contributed by atoms with Crippen LogP contribution in [-0.2, 0) is 0 Å². The van der Waals surface area contributed by atoms with E-state index in [2.05, 4.69) is 29.8 Å². The maximum absolute atomic E-state index is 9.38. The van der Waals surface area contributed by atoms with Crippen LogP contribution in [0.15, 0.2) is 16.6 Å². The van der Waals surface area contributed by atoms with Gasteiger partial charge in [-0.2, -0.15) is 0 Å². The molecule has 1 N–H and O–H groups in total. The summed E-state index contributed by atoms with van der Waals surface area (Å²) in [6.07, 6.45) is 0. The molecule has 0 unspecified atom stereocenters. The SMILES string of the molecule is Cc1cc(C(C)C)c(Br)cc1O. The third kappa shape index (κ3) is 1.81. The van der Waals surface area contributed by atoms with Crippen LogP contribution in [0.4, 0.5) is 0 Å². The molecule has 1 nitrogen and oxygen atoms in total. The number of aryl methyl sites for hydroxylation is 1. The predicted molar refractivity (Wildman–Crippen MR) is 54.6 cm³/mol. The molecular formula is C10H13BrO. The van der Waals surface area contributed by atoms with Crippen LogP contribution in [0.1, 0.15) is 30.9 Å². The Bertz CT molecular complexity index is 292. The van der Waals surface area contributed by atoms with Gasteiger partial charge in [-0.05, 0) is 30.0 Å². The molecule has 0 aromatic heterocycles. The molecule has 1 aromatic carbocycles. The van der Waals surface area contributed by atoms with E-state index in [1.807, 2.05) is 13.0 Å². The Balaban J connectivity index is 3.23. The molecule has 12 heavy (non-hydrogen) atoms. The minimum atomic E-state index is 0.353. The number of benzene rings is 1. The first kappa shape index (κ1) is 9.59. The summed E-state index contributed by atoms with van der Waals surface area (Å²) in [7, 11) is 0. The molecule has 0 bridgehead atoms. The first-order chi connectivity index (χ1) is 5.52. The maximum atomic E-state index is 9.38. The molecule has 0 heterocycles. The highest BCUT2D eigenvalue weighted by Crippen LogP contribution is 2.30. The molecule has 0 aliphatic rings. The normalized spacial score (nSPS) is 10.8. The molecule has 0 saturated heterocycles. The Hall–Kier alpha value is -0.500. The first-order valence-corrected chi connectivity index (χ1v) is 4.80. The average molecular weight is 229 g/mol. The van der Waals surface area contributed by atoms with Gasteiger partial charge in [0.05, 0.1) is 0 Å². The maximum Gasteiger partial charge on any atom is 0.119 e. The average Bonchev–Trinajstić information content (AvgIpc) is 1.96. The van der Waals surface area contributed by atoms with Crippen molar-refractivity contribution in [1.29, 1.82) is 0 Å². The molecule has 0 saturated carbocycles. The number of hydrogen-bond acceptors (Lipinski definition) is 1. The van der Waals surface area contributed by atoms with Crippen molar-refractivity contribution in [2.75, 3.05) is 0 Å². The van der Waals surface area contributed by atoms with Crippen molar-refractivity contribution in [2.24, 2.45) is 0 Å². The largest absolute Gasteiger partial charge is 0.508 e. The lowest BCUT2D eigenvalue weighted by molar-refractivity contribution is 0.470. The summed E-state index contributed by atoms with van der Waals surface area (Å²) in [6, 6.07) is 3.77. The second kappa shape index (κ2) is 3.48. The van der Waals surface area contributed by atoms with Crippen LogP contribution in [0.2, 0.25) is 0 Å². The van der Waals surface area contributed by atoms with E-state index < -0.39 is 0 Å². The van der Waals surface area contributed by atoms with E-state index >= 15 is 0 Å². The Labute approximate surface area is 81.6 Å². The minimum Gasteiger partial charge on any atom is -0.508 e. The van der Waals surface area contributed by atoms with E-state index in [-0.39, 0.29) is 0 Å². The smallest absolute Gasteiger partial charge is 0.119 e. The predicted octanol–water partition coefficient (Wildman–Crippen LogP) is 3.59. The van der Waals surface area contributed by atoms with Gasteiger partial charge < -0.3 is 5.11 Å². The van der Waals surface area contributed by atoms with Crippen molar-refractivity contribution in [2.45, 2.75) is 26.7 Å². The second-order valence-corrected chi connectivity index (χ2v) is 4.17. The lowest BCUT2D eigenvalue weighted by atomic mass is 10.0. The van der Waals surface area contributed by atoms with Crippen molar-refractivity contribution in [3.8, 4) is 5.75 Å². The number of rotatable bonds is 1. The van der Waals surface area contributed by atoms with Gasteiger partial charge >= 0.3 is 0 Å². The molecule has 0 atom stereocenters. The molecule has 0 aliphatic heterocycles. The van der Waals surface area contributed by atoms with E-state index in [9.17, 15) is 5.11 Å². The fourth-order valence-corrected chi connectivity index (χ4v) is 1.92. The number of aromatic hydroxyl groups is 1. The van der Waals surface area contributed by atoms with Crippen molar-refractivity contribution in [3.05, 3.63) is 27.7 Å². The fourth-order valence-electron chi connectivity index (χ4n) is 1.14. The van der Waals surface area contributed by atoms with Gasteiger partial charge in [0.15, 0.2) is 0 Å². The zero-order valence-electron chi connectivity index (χ0n) is 7.56. The topological polar surface area (TPSA) is 20.2 Å². The van der Waals surface area contributed by atoms with Crippen molar-refractivity contribution in [3.63, 3.8) is 0 Å². The van der Waals surface area contributed by atoms with Crippen LogP contribution >= 0.6 is 15.9 Å². The highest BCUT2D eigenvalue weighted by Gasteiger charge is 2.07. The zero-order valence-corrected chi connectivity index (χ0v) is 9.14. The lowest BCUT2D eigenvalue weighted by Gasteiger charge is -2.10. The summed E-state index contributed by atoms with van der Waals surface area (Å²) >= 11 is 3.42. The molecule has 0 amide bonds. The van der Waals surface area contributed by atoms with Gasteiger partial charge in [-0.1, -0.05) is 35.8 Å². The Morgan fingerprint density at radius 1 is 1.33 bits per heavy atom. The van der Waals surface area contributed by atoms with Gasteiger partial charge in [0.25, 0.3) is 0 Å². The van der Waals surface area contributed by atoms with E-state index in [0.29, 0.717) is 11.7 Å². The summed E-state index contributed by atoms with van der Waals surface area (Å²) < 4.78 is 0.987. The number of phenolic OH excluding ortho intramolecular Hbond substituents is 1. The van der Waals surface area contributed by atoms with Crippen LogP contribution in [-0.4, -0.2) is 5.11 Å². The molecule has 0 fully saturated rings. The summed E-state index contributed by atoms with van der Waals surface area (Å²) in [5, 5.41) is 9.38. The summed E-state index contributed by atoms with van der Waals surface area (Å²) in [5.41, 5.74) is 2.17. The molecule has 1 aromatic rings. The van der Waals surface area contributed by atoms with Gasteiger partial charge in [-0.3, -0.25) is 0 Å². The number of phenols is 1. The highest BCUT2D eigenvalue weighted by atomic mass is 79.9. The van der Waals surface area contributed by atoms with Gasteiger partial charge in [-0.15, -0.1) is 0 Å². The number of hydrogen-bond donors (Lipinski definition) is 1. The zero-order chi connectivity index (χ0) is 9.30. The fraction of sp³-hybridized carbons (Fsp3) is 0.400. The quantitative estimate of drug-likeness (QED) is 0.780. The standard InChI is InChI=1S/C10H13BrO/c1-6(2)8-4-7(3)10(12)5-9(8)11/h4-6,12H,1-3H3. The Kier molecular flexibility index (Phi) is 2.78. The molecule has 1 rings (SSSR count). The Morgan fingerprint density at radius 2 is 1.92 bits per heavy atom. The van der Waals surface area contributed by atoms with Crippen LogP contribution in [0.3, 0.4) is 0 Å². The molecule has 66 valence electrons. The van der Waals surface area contributed by atoms with E-state index in [0.717, 1.165) is 10.0 Å². The van der Waals surface area contributed by atoms with Crippen LogP contribution in [0.5, 0.6) is 5.75 Å².